The molecule has 2 aromatic carbocycles. The van der Waals surface area contributed by atoms with Crippen molar-refractivity contribution < 1.29 is 22.7 Å². The van der Waals surface area contributed by atoms with Crippen LogP contribution in [0.25, 0.3) is 0 Å². The van der Waals surface area contributed by atoms with Crippen molar-refractivity contribution in [3.05, 3.63) is 59.2 Å². The Morgan fingerprint density at radius 2 is 1.76 bits per heavy atom. The summed E-state index contributed by atoms with van der Waals surface area (Å²) < 4.78 is 38.9. The molecule has 9 heteroatoms. The summed E-state index contributed by atoms with van der Waals surface area (Å²) in [7, 11) is -3.70. The number of sulfonamides is 1. The predicted molar refractivity (Wildman–Crippen MR) is 122 cm³/mol. The van der Waals surface area contributed by atoms with Gasteiger partial charge in [0.2, 0.25) is 10.0 Å². The normalized spacial score (nSPS) is 17.4. The predicted octanol–water partition coefficient (Wildman–Crippen LogP) is 2.93. The number of carbonyl (C=O) groups is 1. The maximum atomic E-state index is 13.2. The summed E-state index contributed by atoms with van der Waals surface area (Å²) >= 11 is 0. The average molecular weight is 470 g/mol. The average Bonchev–Trinajstić information content (AvgIpc) is 2.88. The van der Waals surface area contributed by atoms with Gasteiger partial charge in [-0.3, -0.25) is 0 Å². The molecule has 0 saturated carbocycles. The fourth-order valence-electron chi connectivity index (χ4n) is 4.15. The van der Waals surface area contributed by atoms with E-state index in [1.807, 2.05) is 4.90 Å². The lowest BCUT2D eigenvalue weighted by atomic mass is 10.1. The molecule has 2 aliphatic heterocycles. The van der Waals surface area contributed by atoms with Crippen LogP contribution in [0.5, 0.6) is 0 Å². The van der Waals surface area contributed by atoms with Crippen molar-refractivity contribution in [3.63, 3.8) is 0 Å². The molecule has 33 heavy (non-hydrogen) atoms. The molecule has 0 radical (unpaired) electrons. The molecule has 2 saturated heterocycles. The molecule has 0 atom stereocenters. The molecule has 0 aliphatic carbocycles. The first-order valence-corrected chi connectivity index (χ1v) is 12.6. The summed E-state index contributed by atoms with van der Waals surface area (Å²) in [5, 5.41) is 9.28. The molecule has 8 nitrogen and oxygen atoms in total. The molecule has 2 fully saturated rings. The number of nitrogens with zero attached hydrogens (tertiary/aromatic N) is 3. The molecule has 174 valence electrons. The van der Waals surface area contributed by atoms with E-state index in [4.69, 9.17) is 9.47 Å². The maximum absolute atomic E-state index is 13.2. The van der Waals surface area contributed by atoms with Crippen LogP contribution in [0, 0.1) is 11.3 Å². The highest BCUT2D eigenvalue weighted by Crippen LogP contribution is 2.29. The highest BCUT2D eigenvalue weighted by Gasteiger charge is 2.29. The first-order chi connectivity index (χ1) is 16.0. The van der Waals surface area contributed by atoms with Gasteiger partial charge in [0.1, 0.15) is 6.61 Å². The van der Waals surface area contributed by atoms with Crippen molar-refractivity contribution >= 4 is 21.7 Å². The Morgan fingerprint density at radius 3 is 2.48 bits per heavy atom. The van der Waals surface area contributed by atoms with Crippen LogP contribution < -0.4 is 4.90 Å². The minimum absolute atomic E-state index is 0.0752. The molecule has 2 aliphatic rings. The van der Waals surface area contributed by atoms with Crippen LogP contribution >= 0.6 is 0 Å². The smallest absolute Gasteiger partial charge is 0.340 e. The summed E-state index contributed by atoms with van der Waals surface area (Å²) in [6.45, 7) is 3.13. The third-order valence-electron chi connectivity index (χ3n) is 5.99. The molecule has 0 spiro atoms. The molecule has 0 N–H and O–H groups in total. The molecule has 0 unspecified atom stereocenters. The number of piperidine rings is 1. The molecule has 0 amide bonds. The highest BCUT2D eigenvalue weighted by atomic mass is 32.2. The second-order valence-corrected chi connectivity index (χ2v) is 10.0. The monoisotopic (exact) mass is 469 g/mol. The van der Waals surface area contributed by atoms with E-state index in [1.54, 1.807) is 36.4 Å². The van der Waals surface area contributed by atoms with E-state index >= 15 is 0 Å². The Balaban J connectivity index is 1.64. The van der Waals surface area contributed by atoms with Crippen LogP contribution in [-0.2, 0) is 26.1 Å². The van der Waals surface area contributed by atoms with E-state index in [2.05, 4.69) is 6.07 Å². The number of ether oxygens (including phenoxy) is 2. The van der Waals surface area contributed by atoms with Gasteiger partial charge in [0.25, 0.3) is 0 Å². The van der Waals surface area contributed by atoms with Crippen LogP contribution in [0.2, 0.25) is 0 Å². The first-order valence-electron chi connectivity index (χ1n) is 11.1. The van der Waals surface area contributed by atoms with Crippen LogP contribution in [0.15, 0.2) is 47.4 Å². The van der Waals surface area contributed by atoms with E-state index in [9.17, 15) is 18.5 Å². The number of morpholine rings is 1. The lowest BCUT2D eigenvalue weighted by Crippen LogP contribution is -2.38. The van der Waals surface area contributed by atoms with Crippen LogP contribution in [-0.4, -0.2) is 58.1 Å². The van der Waals surface area contributed by atoms with Crippen LogP contribution in [0.4, 0.5) is 5.69 Å². The van der Waals surface area contributed by atoms with Gasteiger partial charge in [-0.25, -0.2) is 13.2 Å². The van der Waals surface area contributed by atoms with Crippen molar-refractivity contribution in [2.75, 3.05) is 44.3 Å². The number of benzene rings is 2. The lowest BCUT2D eigenvalue weighted by Gasteiger charge is -2.31. The van der Waals surface area contributed by atoms with E-state index in [0.717, 1.165) is 19.3 Å². The quantitative estimate of drug-likeness (QED) is 0.600. The Kier molecular flexibility index (Phi) is 7.28. The third kappa shape index (κ3) is 5.19. The minimum Gasteiger partial charge on any atom is -0.457 e. The van der Waals surface area contributed by atoms with Crippen molar-refractivity contribution in [2.24, 2.45) is 0 Å². The Morgan fingerprint density at radius 1 is 1.03 bits per heavy atom. The number of esters is 1. The van der Waals surface area contributed by atoms with E-state index in [0.29, 0.717) is 56.2 Å². The molecule has 0 aromatic heterocycles. The first kappa shape index (κ1) is 23.2. The van der Waals surface area contributed by atoms with Crippen molar-refractivity contribution in [3.8, 4) is 6.07 Å². The SMILES string of the molecule is N#Cc1ccccc1COC(=O)c1cc(S(=O)(=O)N2CCCCC2)ccc1N1CCOCC1. The number of nitriles is 1. The summed E-state index contributed by atoms with van der Waals surface area (Å²) in [5.74, 6) is -0.625. The van der Waals surface area contributed by atoms with Gasteiger partial charge >= 0.3 is 5.97 Å². The zero-order valence-corrected chi connectivity index (χ0v) is 19.2. The van der Waals surface area contributed by atoms with Crippen molar-refractivity contribution in [1.29, 1.82) is 5.26 Å². The standard InChI is InChI=1S/C24H27N3O5S/c25-17-19-6-2-3-7-20(19)18-32-24(28)22-16-21(33(29,30)27-10-4-1-5-11-27)8-9-23(22)26-12-14-31-15-13-26/h2-3,6-9,16H,1,4-5,10-15,18H2. The third-order valence-corrected chi connectivity index (χ3v) is 7.88. The van der Waals surface area contributed by atoms with Crippen molar-refractivity contribution in [1.82, 2.24) is 4.31 Å². The highest BCUT2D eigenvalue weighted by molar-refractivity contribution is 7.89. The molecular weight excluding hydrogens is 442 g/mol. The van der Waals surface area contributed by atoms with Gasteiger partial charge < -0.3 is 14.4 Å². The largest absolute Gasteiger partial charge is 0.457 e. The summed E-state index contributed by atoms with van der Waals surface area (Å²) in [5.41, 5.74) is 1.84. The van der Waals surface area contributed by atoms with Gasteiger partial charge in [-0.1, -0.05) is 24.6 Å². The van der Waals surface area contributed by atoms with Gasteiger partial charge in [-0.15, -0.1) is 0 Å². The van der Waals surface area contributed by atoms with Gasteiger partial charge in [-0.05, 0) is 37.1 Å². The molecule has 2 heterocycles. The van der Waals surface area contributed by atoms with Gasteiger partial charge in [-0.2, -0.15) is 9.57 Å². The summed E-state index contributed by atoms with van der Waals surface area (Å²) in [6, 6.07) is 13.7. The lowest BCUT2D eigenvalue weighted by molar-refractivity contribution is 0.0472. The fraction of sp³-hybridized carbons (Fsp3) is 0.417. The van der Waals surface area contributed by atoms with E-state index < -0.39 is 16.0 Å². The van der Waals surface area contributed by atoms with E-state index in [1.165, 1.54) is 10.4 Å². The molecular formula is C24H27N3O5S. The maximum Gasteiger partial charge on any atom is 0.340 e. The van der Waals surface area contributed by atoms with Gasteiger partial charge in [0, 0.05) is 31.7 Å². The number of anilines is 1. The summed E-state index contributed by atoms with van der Waals surface area (Å²) in [6.07, 6.45) is 2.68. The zero-order chi connectivity index (χ0) is 23.3. The van der Waals surface area contributed by atoms with Crippen LogP contribution in [0.3, 0.4) is 0 Å². The topological polar surface area (TPSA) is 99.9 Å². The Labute approximate surface area is 194 Å². The Bertz CT molecular complexity index is 1150. The number of carbonyl (C=O) groups excluding carboxylic acids is 1. The number of rotatable bonds is 6. The minimum atomic E-state index is -3.70. The zero-order valence-electron chi connectivity index (χ0n) is 18.4. The van der Waals surface area contributed by atoms with Crippen molar-refractivity contribution in [2.45, 2.75) is 30.8 Å². The molecule has 2 aromatic rings. The van der Waals surface area contributed by atoms with Gasteiger partial charge in [0.15, 0.2) is 0 Å². The number of hydrogen-bond acceptors (Lipinski definition) is 7. The van der Waals surface area contributed by atoms with Crippen LogP contribution in [0.1, 0.15) is 40.7 Å². The molecule has 4 rings (SSSR count). The second kappa shape index (κ2) is 10.3. The summed E-state index contributed by atoms with van der Waals surface area (Å²) in [4.78, 5) is 15.3. The van der Waals surface area contributed by atoms with Gasteiger partial charge in [0.05, 0.1) is 41.0 Å². The molecule has 0 bridgehead atoms. The Hall–Kier alpha value is -2.93. The van der Waals surface area contributed by atoms with E-state index in [-0.39, 0.29) is 17.1 Å². The second-order valence-electron chi connectivity index (χ2n) is 8.09. The number of hydrogen-bond donors (Lipinski definition) is 0. The fourth-order valence-corrected chi connectivity index (χ4v) is 5.69.